The minimum Gasteiger partial charge on any atom is -0.391 e. The zero-order valence-electron chi connectivity index (χ0n) is 18.2. The Bertz CT molecular complexity index is 1260. The van der Waals surface area contributed by atoms with Gasteiger partial charge in [-0.15, -0.1) is 0 Å². The number of benzene rings is 2. The molecule has 6 heteroatoms. The van der Waals surface area contributed by atoms with Crippen LogP contribution in [0.1, 0.15) is 27.5 Å². The summed E-state index contributed by atoms with van der Waals surface area (Å²) in [6.45, 7) is 4.70. The second-order valence-corrected chi connectivity index (χ2v) is 8.50. The van der Waals surface area contributed by atoms with E-state index in [1.165, 1.54) is 0 Å². The molecule has 6 nitrogen and oxygen atoms in total. The lowest BCUT2D eigenvalue weighted by atomic mass is 9.96. The van der Waals surface area contributed by atoms with Crippen LogP contribution in [0, 0.1) is 19.8 Å². The van der Waals surface area contributed by atoms with Crippen molar-refractivity contribution in [1.29, 1.82) is 0 Å². The lowest BCUT2D eigenvalue weighted by Gasteiger charge is -2.17. The number of aliphatic hydroxyl groups excluding tert-OH is 1. The van der Waals surface area contributed by atoms with Crippen molar-refractivity contribution in [3.63, 3.8) is 0 Å². The highest BCUT2D eigenvalue weighted by molar-refractivity contribution is 6.03. The molecule has 162 valence electrons. The van der Waals surface area contributed by atoms with Crippen molar-refractivity contribution in [2.24, 2.45) is 5.92 Å². The zero-order valence-corrected chi connectivity index (χ0v) is 18.2. The third-order valence-corrected chi connectivity index (χ3v) is 6.32. The monoisotopic (exact) mass is 427 g/mol. The third kappa shape index (κ3) is 3.67. The number of pyridine rings is 1. The highest BCUT2D eigenvalue weighted by Crippen LogP contribution is 2.34. The van der Waals surface area contributed by atoms with Crippen LogP contribution in [0.2, 0.25) is 0 Å². The molecule has 1 aliphatic heterocycles. The van der Waals surface area contributed by atoms with E-state index in [-0.39, 0.29) is 11.8 Å². The molecule has 5 rings (SSSR count). The number of fused-ring (bicyclic) bond motifs is 1. The molecule has 1 fully saturated rings. The van der Waals surface area contributed by atoms with Crippen LogP contribution in [-0.2, 0) is 6.42 Å². The molecule has 1 aliphatic rings. The molecule has 3 heterocycles. The van der Waals surface area contributed by atoms with E-state index in [2.05, 4.69) is 16.2 Å². The third-order valence-electron chi connectivity index (χ3n) is 6.32. The van der Waals surface area contributed by atoms with Gasteiger partial charge in [-0.25, -0.2) is 0 Å². The summed E-state index contributed by atoms with van der Waals surface area (Å²) in [5.41, 5.74) is 4.45. The van der Waals surface area contributed by atoms with Crippen molar-refractivity contribution < 1.29 is 14.4 Å². The fraction of sp³-hybridized carbons (Fsp3) is 0.269. The van der Waals surface area contributed by atoms with Crippen LogP contribution in [-0.4, -0.2) is 45.2 Å². The standard InChI is InChI=1S/C26H25N3O3/c1-16-25(17(2)32-28-16)23-8-5-6-18-12-19(9-10-22(18)23)26(31)29-14-20(24(30)15-29)13-21-7-3-4-11-27-21/h3-12,20,24,30H,13-15H2,1-2H3/t20-,24-/m1/s1. The first-order valence-electron chi connectivity index (χ1n) is 10.8. The zero-order chi connectivity index (χ0) is 22.2. The SMILES string of the molecule is Cc1noc(C)c1-c1cccc2cc(C(=O)N3C[C@@H](Cc4ccccn4)[C@H](O)C3)ccc12. The molecule has 1 amide bonds. The van der Waals surface area contributed by atoms with Crippen LogP contribution in [0.15, 0.2) is 65.3 Å². The fourth-order valence-electron chi connectivity index (χ4n) is 4.69. The molecule has 2 aromatic carbocycles. The van der Waals surface area contributed by atoms with Crippen LogP contribution in [0.3, 0.4) is 0 Å². The number of rotatable bonds is 4. The number of β-amino-alcohol motifs (C(OH)–C–C–N with tert-alkyl or cyclic N) is 1. The van der Waals surface area contributed by atoms with Crippen molar-refractivity contribution in [2.75, 3.05) is 13.1 Å². The Kier molecular flexibility index (Phi) is 5.23. The van der Waals surface area contributed by atoms with Gasteiger partial charge in [0.1, 0.15) is 5.76 Å². The summed E-state index contributed by atoms with van der Waals surface area (Å²) in [5, 5.41) is 16.7. The van der Waals surface area contributed by atoms with Gasteiger partial charge in [-0.3, -0.25) is 9.78 Å². The van der Waals surface area contributed by atoms with E-state index in [0.29, 0.717) is 25.1 Å². The Hall–Kier alpha value is -3.51. The number of hydrogen-bond donors (Lipinski definition) is 1. The van der Waals surface area contributed by atoms with Gasteiger partial charge in [0.25, 0.3) is 5.91 Å². The molecule has 0 bridgehead atoms. The highest BCUT2D eigenvalue weighted by Gasteiger charge is 2.34. The molecular weight excluding hydrogens is 402 g/mol. The lowest BCUT2D eigenvalue weighted by molar-refractivity contribution is 0.0765. The summed E-state index contributed by atoms with van der Waals surface area (Å²) >= 11 is 0. The first-order valence-corrected chi connectivity index (χ1v) is 10.8. The van der Waals surface area contributed by atoms with Gasteiger partial charge >= 0.3 is 0 Å². The van der Waals surface area contributed by atoms with Gasteiger partial charge in [-0.1, -0.05) is 35.5 Å². The van der Waals surface area contributed by atoms with E-state index in [9.17, 15) is 9.90 Å². The predicted molar refractivity (Wildman–Crippen MR) is 122 cm³/mol. The van der Waals surface area contributed by atoms with E-state index in [4.69, 9.17) is 4.52 Å². The number of carbonyl (C=O) groups excluding carboxylic acids is 1. The lowest BCUT2D eigenvalue weighted by Crippen LogP contribution is -2.29. The number of amides is 1. The van der Waals surface area contributed by atoms with Crippen molar-refractivity contribution in [3.05, 3.63) is 83.5 Å². The largest absolute Gasteiger partial charge is 0.391 e. The van der Waals surface area contributed by atoms with Crippen molar-refractivity contribution in [2.45, 2.75) is 26.4 Å². The molecule has 0 saturated carbocycles. The average Bonchev–Trinajstić information content (AvgIpc) is 3.34. The molecule has 0 aliphatic carbocycles. The molecule has 32 heavy (non-hydrogen) atoms. The summed E-state index contributed by atoms with van der Waals surface area (Å²) in [6, 6.07) is 17.6. The van der Waals surface area contributed by atoms with Crippen LogP contribution < -0.4 is 0 Å². The average molecular weight is 428 g/mol. The van der Waals surface area contributed by atoms with Gasteiger partial charge in [0.2, 0.25) is 0 Å². The summed E-state index contributed by atoms with van der Waals surface area (Å²) in [6.07, 6.45) is 1.86. The minimum absolute atomic E-state index is 0.0135. The Labute approximate surface area is 186 Å². The number of nitrogens with zero attached hydrogens (tertiary/aromatic N) is 3. The normalized spacial score (nSPS) is 18.4. The number of hydrogen-bond acceptors (Lipinski definition) is 5. The van der Waals surface area contributed by atoms with Gasteiger partial charge < -0.3 is 14.5 Å². The summed E-state index contributed by atoms with van der Waals surface area (Å²) in [7, 11) is 0. The minimum atomic E-state index is -0.549. The predicted octanol–water partition coefficient (Wildman–Crippen LogP) is 4.18. The van der Waals surface area contributed by atoms with E-state index in [1.54, 1.807) is 11.1 Å². The number of aromatic nitrogens is 2. The van der Waals surface area contributed by atoms with E-state index < -0.39 is 6.10 Å². The molecule has 2 aromatic heterocycles. The maximum Gasteiger partial charge on any atom is 0.253 e. The summed E-state index contributed by atoms with van der Waals surface area (Å²) < 4.78 is 5.35. The number of aliphatic hydroxyl groups is 1. The van der Waals surface area contributed by atoms with E-state index in [0.717, 1.165) is 39.0 Å². The van der Waals surface area contributed by atoms with Crippen LogP contribution in [0.5, 0.6) is 0 Å². The van der Waals surface area contributed by atoms with Crippen molar-refractivity contribution in [3.8, 4) is 11.1 Å². The van der Waals surface area contributed by atoms with Gasteiger partial charge in [-0.05, 0) is 60.9 Å². The Morgan fingerprint density at radius 3 is 2.75 bits per heavy atom. The fourth-order valence-corrected chi connectivity index (χ4v) is 4.69. The molecule has 0 radical (unpaired) electrons. The topological polar surface area (TPSA) is 79.5 Å². The maximum absolute atomic E-state index is 13.2. The molecule has 1 saturated heterocycles. The van der Waals surface area contributed by atoms with E-state index >= 15 is 0 Å². The molecule has 4 aromatic rings. The van der Waals surface area contributed by atoms with Crippen LogP contribution in [0.25, 0.3) is 21.9 Å². The first-order chi connectivity index (χ1) is 15.5. The second kappa shape index (κ2) is 8.20. The molecule has 1 N–H and O–H groups in total. The molecule has 0 spiro atoms. The summed E-state index contributed by atoms with van der Waals surface area (Å²) in [4.78, 5) is 19.3. The first kappa shape index (κ1) is 20.4. The van der Waals surface area contributed by atoms with Gasteiger partial charge in [-0.2, -0.15) is 0 Å². The Morgan fingerprint density at radius 1 is 1.12 bits per heavy atom. The van der Waals surface area contributed by atoms with Crippen LogP contribution in [0.4, 0.5) is 0 Å². The van der Waals surface area contributed by atoms with Gasteiger partial charge in [0.15, 0.2) is 0 Å². The van der Waals surface area contributed by atoms with Crippen LogP contribution >= 0.6 is 0 Å². The van der Waals surface area contributed by atoms with Crippen molar-refractivity contribution >= 4 is 16.7 Å². The quantitative estimate of drug-likeness (QED) is 0.529. The maximum atomic E-state index is 13.2. The number of aryl methyl sites for hydroxylation is 2. The van der Waals surface area contributed by atoms with Crippen molar-refractivity contribution in [1.82, 2.24) is 15.0 Å². The highest BCUT2D eigenvalue weighted by atomic mass is 16.5. The second-order valence-electron chi connectivity index (χ2n) is 8.50. The van der Waals surface area contributed by atoms with Gasteiger partial charge in [0, 0.05) is 42.0 Å². The molecule has 2 atom stereocenters. The molecule has 0 unspecified atom stereocenters. The number of likely N-dealkylation sites (tertiary alicyclic amines) is 1. The summed E-state index contributed by atoms with van der Waals surface area (Å²) in [5.74, 6) is 0.706. The van der Waals surface area contributed by atoms with E-state index in [1.807, 2.05) is 62.4 Å². The van der Waals surface area contributed by atoms with Gasteiger partial charge in [0.05, 0.1) is 11.8 Å². The number of carbonyl (C=O) groups is 1. The Morgan fingerprint density at radius 2 is 2.00 bits per heavy atom. The Balaban J connectivity index is 1.40. The molecular formula is C26H25N3O3. The smallest absolute Gasteiger partial charge is 0.253 e.